The Hall–Kier alpha value is -2.37. The molecule has 0 saturated carbocycles. The van der Waals surface area contributed by atoms with Gasteiger partial charge in [0.25, 0.3) is 0 Å². The third-order valence-electron chi connectivity index (χ3n) is 5.96. The SMILES string of the molecule is Cc1ccnc(SCC(=O)N2c3ccccc3[C@](C)(c3ccc(Cl)cc3)CC2(C)C)n1. The minimum absolute atomic E-state index is 0.0608. The summed E-state index contributed by atoms with van der Waals surface area (Å²) in [5, 5.41) is 1.35. The van der Waals surface area contributed by atoms with Crippen LogP contribution >= 0.6 is 23.4 Å². The summed E-state index contributed by atoms with van der Waals surface area (Å²) in [6, 6.07) is 18.2. The molecular weight excluding hydrogens is 426 g/mol. The van der Waals surface area contributed by atoms with E-state index in [-0.39, 0.29) is 16.9 Å². The van der Waals surface area contributed by atoms with Gasteiger partial charge in [0, 0.05) is 33.6 Å². The predicted molar refractivity (Wildman–Crippen MR) is 128 cm³/mol. The lowest BCUT2D eigenvalue weighted by atomic mass is 9.65. The standard InChI is InChI=1S/C25H26ClN3OS/c1-17-13-14-27-23(28-17)31-15-22(30)29-21-8-6-5-7-20(21)25(4,16-24(29,2)3)18-9-11-19(26)12-10-18/h5-14H,15-16H2,1-4H3/t25-/m0/s1. The van der Waals surface area contributed by atoms with Crippen LogP contribution in [0.4, 0.5) is 5.69 Å². The van der Waals surface area contributed by atoms with Crippen molar-refractivity contribution < 1.29 is 4.79 Å². The number of fused-ring (bicyclic) bond motifs is 1. The molecule has 3 aromatic rings. The zero-order valence-electron chi connectivity index (χ0n) is 18.2. The number of rotatable bonds is 4. The first-order valence-electron chi connectivity index (χ1n) is 10.3. The number of halogens is 1. The Morgan fingerprint density at radius 2 is 1.81 bits per heavy atom. The fourth-order valence-corrected chi connectivity index (χ4v) is 5.59. The van der Waals surface area contributed by atoms with E-state index in [0.717, 1.165) is 28.4 Å². The van der Waals surface area contributed by atoms with Crippen LogP contribution in [0.25, 0.3) is 0 Å². The van der Waals surface area contributed by atoms with E-state index in [1.54, 1.807) is 6.20 Å². The third kappa shape index (κ3) is 4.21. The van der Waals surface area contributed by atoms with Gasteiger partial charge in [-0.2, -0.15) is 0 Å². The van der Waals surface area contributed by atoms with Gasteiger partial charge in [-0.3, -0.25) is 4.79 Å². The summed E-state index contributed by atoms with van der Waals surface area (Å²) >= 11 is 7.53. The van der Waals surface area contributed by atoms with Crippen molar-refractivity contribution in [2.75, 3.05) is 10.7 Å². The first-order valence-corrected chi connectivity index (χ1v) is 11.7. The van der Waals surface area contributed by atoms with Crippen LogP contribution in [0.2, 0.25) is 5.02 Å². The highest BCUT2D eigenvalue weighted by Gasteiger charge is 2.47. The smallest absolute Gasteiger partial charge is 0.237 e. The number of aryl methyl sites for hydroxylation is 1. The van der Waals surface area contributed by atoms with Crippen LogP contribution in [0, 0.1) is 6.92 Å². The molecule has 1 atom stereocenters. The molecule has 2 heterocycles. The van der Waals surface area contributed by atoms with Crippen molar-refractivity contribution in [1.29, 1.82) is 0 Å². The van der Waals surface area contributed by atoms with Crippen molar-refractivity contribution in [2.24, 2.45) is 0 Å². The summed E-state index contributed by atoms with van der Waals surface area (Å²) < 4.78 is 0. The molecule has 1 aromatic heterocycles. The number of benzene rings is 2. The van der Waals surface area contributed by atoms with E-state index < -0.39 is 0 Å². The van der Waals surface area contributed by atoms with E-state index in [2.05, 4.69) is 55.0 Å². The van der Waals surface area contributed by atoms with Crippen LogP contribution in [0.5, 0.6) is 0 Å². The van der Waals surface area contributed by atoms with Crippen molar-refractivity contribution in [3.63, 3.8) is 0 Å². The van der Waals surface area contributed by atoms with Crippen LogP contribution in [0.3, 0.4) is 0 Å². The van der Waals surface area contributed by atoms with Crippen molar-refractivity contribution in [2.45, 2.75) is 50.2 Å². The summed E-state index contributed by atoms with van der Waals surface area (Å²) in [7, 11) is 0. The highest BCUT2D eigenvalue weighted by atomic mass is 35.5. The highest BCUT2D eigenvalue weighted by Crippen LogP contribution is 2.50. The minimum atomic E-state index is -0.367. The molecule has 160 valence electrons. The maximum atomic E-state index is 13.5. The molecule has 0 aliphatic carbocycles. The van der Waals surface area contributed by atoms with E-state index in [9.17, 15) is 4.79 Å². The molecule has 0 saturated heterocycles. The summed E-state index contributed by atoms with van der Waals surface area (Å²) in [5.41, 5.74) is 3.62. The zero-order chi connectivity index (χ0) is 22.2. The first-order chi connectivity index (χ1) is 14.7. The van der Waals surface area contributed by atoms with Crippen LogP contribution in [0.15, 0.2) is 66.0 Å². The Kier molecular flexibility index (Phi) is 5.84. The molecule has 31 heavy (non-hydrogen) atoms. The molecule has 4 nitrogen and oxygen atoms in total. The number of hydrogen-bond acceptors (Lipinski definition) is 4. The minimum Gasteiger partial charge on any atom is -0.306 e. The van der Waals surface area contributed by atoms with Gasteiger partial charge >= 0.3 is 0 Å². The largest absolute Gasteiger partial charge is 0.306 e. The molecule has 4 rings (SSSR count). The van der Waals surface area contributed by atoms with Gasteiger partial charge in [0.1, 0.15) is 0 Å². The molecule has 1 aliphatic rings. The van der Waals surface area contributed by atoms with Gasteiger partial charge < -0.3 is 4.90 Å². The summed E-state index contributed by atoms with van der Waals surface area (Å²) in [5.74, 6) is 0.351. The monoisotopic (exact) mass is 451 g/mol. The Labute approximate surface area is 193 Å². The topological polar surface area (TPSA) is 46.1 Å². The maximum Gasteiger partial charge on any atom is 0.237 e. The quantitative estimate of drug-likeness (QED) is 0.357. The predicted octanol–water partition coefficient (Wildman–Crippen LogP) is 6.05. The number of hydrogen-bond donors (Lipinski definition) is 0. The molecule has 0 radical (unpaired) electrons. The number of nitrogens with zero attached hydrogens (tertiary/aromatic N) is 3. The second-order valence-electron chi connectivity index (χ2n) is 8.84. The molecule has 1 aliphatic heterocycles. The van der Waals surface area contributed by atoms with Crippen LogP contribution in [-0.2, 0) is 10.2 Å². The Balaban J connectivity index is 1.70. The molecule has 0 fully saturated rings. The maximum absolute atomic E-state index is 13.5. The summed E-state index contributed by atoms with van der Waals surface area (Å²) in [6.45, 7) is 8.47. The zero-order valence-corrected chi connectivity index (χ0v) is 19.8. The summed E-state index contributed by atoms with van der Waals surface area (Å²) in [6.07, 6.45) is 2.53. The number of amides is 1. The third-order valence-corrected chi connectivity index (χ3v) is 7.06. The Morgan fingerprint density at radius 3 is 2.52 bits per heavy atom. The molecule has 2 aromatic carbocycles. The number of thioether (sulfide) groups is 1. The molecule has 1 amide bonds. The molecular formula is C25H26ClN3OS. The van der Waals surface area contributed by atoms with Crippen LogP contribution in [0.1, 0.15) is 44.0 Å². The first kappa shape index (κ1) is 21.8. The van der Waals surface area contributed by atoms with Gasteiger partial charge in [-0.25, -0.2) is 9.97 Å². The molecule has 0 unspecified atom stereocenters. The van der Waals surface area contributed by atoms with E-state index in [1.807, 2.05) is 42.2 Å². The average molecular weight is 452 g/mol. The Morgan fingerprint density at radius 1 is 1.10 bits per heavy atom. The van der Waals surface area contributed by atoms with Crippen LogP contribution < -0.4 is 4.90 Å². The van der Waals surface area contributed by atoms with Gasteiger partial charge in [-0.1, -0.05) is 60.6 Å². The molecule has 0 bridgehead atoms. The normalized spacial score (nSPS) is 19.7. The number of carbonyl (C=O) groups is 1. The van der Waals surface area contributed by atoms with Crippen molar-refractivity contribution in [3.05, 3.63) is 82.6 Å². The molecule has 0 N–H and O–H groups in total. The van der Waals surface area contributed by atoms with E-state index >= 15 is 0 Å². The lowest BCUT2D eigenvalue weighted by Gasteiger charge is -2.51. The summed E-state index contributed by atoms with van der Waals surface area (Å²) in [4.78, 5) is 24.1. The lowest BCUT2D eigenvalue weighted by molar-refractivity contribution is -0.117. The highest BCUT2D eigenvalue weighted by molar-refractivity contribution is 7.99. The second kappa shape index (κ2) is 8.29. The van der Waals surface area contributed by atoms with Gasteiger partial charge in [-0.05, 0) is 62.6 Å². The number of para-hydroxylation sites is 1. The van der Waals surface area contributed by atoms with Gasteiger partial charge in [0.2, 0.25) is 5.91 Å². The fraction of sp³-hybridized carbons (Fsp3) is 0.320. The molecule has 0 spiro atoms. The van der Waals surface area contributed by atoms with E-state index in [0.29, 0.717) is 10.9 Å². The van der Waals surface area contributed by atoms with Gasteiger partial charge in [0.05, 0.1) is 5.75 Å². The fourth-order valence-electron chi connectivity index (χ4n) is 4.73. The van der Waals surface area contributed by atoms with E-state index in [1.165, 1.54) is 17.3 Å². The van der Waals surface area contributed by atoms with Crippen molar-refractivity contribution in [1.82, 2.24) is 9.97 Å². The van der Waals surface area contributed by atoms with Crippen molar-refractivity contribution >= 4 is 35.0 Å². The Bertz CT molecular complexity index is 1120. The molecule has 6 heteroatoms. The van der Waals surface area contributed by atoms with Gasteiger partial charge in [-0.15, -0.1) is 0 Å². The van der Waals surface area contributed by atoms with Crippen molar-refractivity contribution in [3.8, 4) is 0 Å². The number of anilines is 1. The van der Waals surface area contributed by atoms with E-state index in [4.69, 9.17) is 11.6 Å². The second-order valence-corrected chi connectivity index (χ2v) is 10.2. The average Bonchev–Trinajstić information content (AvgIpc) is 2.72. The lowest BCUT2D eigenvalue weighted by Crippen LogP contribution is -2.56. The number of aromatic nitrogens is 2. The van der Waals surface area contributed by atoms with Crippen LogP contribution in [-0.4, -0.2) is 27.2 Å². The van der Waals surface area contributed by atoms with Gasteiger partial charge in [0.15, 0.2) is 5.16 Å². The number of carbonyl (C=O) groups excluding carboxylic acids is 1.